The van der Waals surface area contributed by atoms with Crippen LogP contribution in [0.1, 0.15) is 86.0 Å². The Kier molecular flexibility index (Phi) is 9.52. The molecule has 0 aliphatic carbocycles. The zero-order valence-corrected chi connectivity index (χ0v) is 23.8. The van der Waals surface area contributed by atoms with E-state index in [2.05, 4.69) is 38.4 Å². The molecule has 0 aromatic carbocycles. The Morgan fingerprint density at radius 2 is 1.59 bits per heavy atom. The smallest absolute Gasteiger partial charge is 0.191 e. The second kappa shape index (κ2) is 11.6. The van der Waals surface area contributed by atoms with Gasteiger partial charge in [-0.1, -0.05) is 70.8 Å². The van der Waals surface area contributed by atoms with Crippen LogP contribution in [0, 0.1) is 0 Å². The van der Waals surface area contributed by atoms with Crippen LogP contribution in [-0.2, 0) is 28.4 Å². The summed E-state index contributed by atoms with van der Waals surface area (Å²) in [7, 11) is -1.79. The molecule has 0 spiro atoms. The van der Waals surface area contributed by atoms with E-state index in [0.29, 0.717) is 6.61 Å². The Labute approximate surface area is 208 Å². The van der Waals surface area contributed by atoms with E-state index in [9.17, 15) is 0 Å². The van der Waals surface area contributed by atoms with E-state index in [0.717, 1.165) is 11.8 Å². The van der Waals surface area contributed by atoms with Gasteiger partial charge in [0.2, 0.25) is 0 Å². The highest BCUT2D eigenvalue weighted by atomic mass is 28.3. The predicted octanol–water partition coefficient (Wildman–Crippen LogP) is 6.46. The molecule has 0 amide bonds. The number of hydrogen-bond acceptors (Lipinski definition) is 6. The normalized spacial score (nSPS) is 31.8. The zero-order chi connectivity index (χ0) is 25.0. The van der Waals surface area contributed by atoms with Crippen molar-refractivity contribution in [2.24, 2.45) is 0 Å². The van der Waals surface area contributed by atoms with Crippen LogP contribution in [0.15, 0.2) is 17.2 Å². The maximum absolute atomic E-state index is 6.72. The highest BCUT2D eigenvalue weighted by Gasteiger charge is 2.60. The Bertz CT molecular complexity index is 721. The fraction of sp³-hybridized carbons (Fsp3) is 0.889. The van der Waals surface area contributed by atoms with E-state index in [1.54, 1.807) is 0 Å². The van der Waals surface area contributed by atoms with Crippen LogP contribution in [0.3, 0.4) is 0 Å². The van der Waals surface area contributed by atoms with Gasteiger partial charge in [-0.2, -0.15) is 0 Å². The van der Waals surface area contributed by atoms with Gasteiger partial charge in [0.1, 0.15) is 25.7 Å². The van der Waals surface area contributed by atoms with Crippen molar-refractivity contribution in [3.05, 3.63) is 17.2 Å². The Morgan fingerprint density at radius 3 is 2.21 bits per heavy atom. The van der Waals surface area contributed by atoms with E-state index in [1.807, 2.05) is 27.7 Å². The summed E-state index contributed by atoms with van der Waals surface area (Å²) in [4.78, 5) is 0. The lowest BCUT2D eigenvalue weighted by atomic mass is 10.1. The molecule has 3 aliphatic heterocycles. The van der Waals surface area contributed by atoms with E-state index < -0.39 is 25.9 Å². The first kappa shape index (κ1) is 27.9. The Hall–Kier alpha value is -0.663. The highest BCUT2D eigenvalue weighted by Crippen LogP contribution is 2.43. The van der Waals surface area contributed by atoms with Crippen molar-refractivity contribution in [1.82, 2.24) is 0 Å². The third-order valence-electron chi connectivity index (χ3n) is 6.54. The van der Waals surface area contributed by atoms with Crippen molar-refractivity contribution in [2.75, 3.05) is 6.61 Å². The lowest BCUT2D eigenvalue weighted by molar-refractivity contribution is -0.233. The molecule has 3 rings (SSSR count). The molecule has 0 aromatic heterocycles. The van der Waals surface area contributed by atoms with Gasteiger partial charge in [0, 0.05) is 0 Å². The first-order valence-electron chi connectivity index (χ1n) is 13.4. The molecule has 3 aliphatic rings. The van der Waals surface area contributed by atoms with Gasteiger partial charge in [-0.3, -0.25) is 0 Å². The van der Waals surface area contributed by atoms with E-state index in [4.69, 9.17) is 28.4 Å². The van der Waals surface area contributed by atoms with Crippen LogP contribution >= 0.6 is 0 Å². The molecule has 0 radical (unpaired) electrons. The molecule has 0 N–H and O–H groups in total. The van der Waals surface area contributed by atoms with Crippen molar-refractivity contribution in [1.29, 1.82) is 0 Å². The molecular weight excluding hydrogens is 448 g/mol. The number of hydrogen-bond donors (Lipinski definition) is 0. The number of ether oxygens (including phenoxy) is 6. The summed E-state index contributed by atoms with van der Waals surface area (Å²) in [6, 6.07) is 0. The molecule has 0 bridgehead atoms. The standard InChI is InChI=1S/C27H48O6Si/c1-9-10-11-12-13-14-15-16-17-18-21(34(6,7)8)29-23-22(20-19-28-26(2,3)31-20)30-25-24(23)32-27(4,5)33-25/h17,20,22-25H,9-16,19H2,1-8H3/t18?,20-,22-,23+,24-,25-/m1/s1. The van der Waals surface area contributed by atoms with Crippen molar-refractivity contribution in [3.8, 4) is 0 Å². The van der Waals surface area contributed by atoms with Gasteiger partial charge in [-0.15, -0.1) is 0 Å². The molecule has 196 valence electrons. The molecule has 3 heterocycles. The third kappa shape index (κ3) is 7.67. The van der Waals surface area contributed by atoms with Crippen LogP contribution in [0.4, 0.5) is 0 Å². The number of fused-ring (bicyclic) bond motifs is 1. The van der Waals surface area contributed by atoms with Gasteiger partial charge >= 0.3 is 0 Å². The number of allylic oxidation sites excluding steroid dienone is 1. The van der Waals surface area contributed by atoms with Crippen LogP contribution in [0.2, 0.25) is 19.6 Å². The zero-order valence-electron chi connectivity index (χ0n) is 22.8. The summed E-state index contributed by atoms with van der Waals surface area (Å²) in [6.07, 6.45) is 10.7. The van der Waals surface area contributed by atoms with Crippen molar-refractivity contribution in [3.63, 3.8) is 0 Å². The summed E-state index contributed by atoms with van der Waals surface area (Å²) < 4.78 is 37.3. The molecule has 0 unspecified atom stereocenters. The first-order chi connectivity index (χ1) is 15.9. The average molecular weight is 497 g/mol. The average Bonchev–Trinajstić information content (AvgIpc) is 3.34. The van der Waals surface area contributed by atoms with Crippen molar-refractivity contribution in [2.45, 2.75) is 148 Å². The summed E-state index contributed by atoms with van der Waals surface area (Å²) in [5, 5.41) is 0.946. The van der Waals surface area contributed by atoms with E-state index in [1.165, 1.54) is 44.9 Å². The topological polar surface area (TPSA) is 55.4 Å². The summed E-state index contributed by atoms with van der Waals surface area (Å²) in [6.45, 7) is 17.3. The van der Waals surface area contributed by atoms with Gasteiger partial charge in [0.05, 0.1) is 6.61 Å². The van der Waals surface area contributed by atoms with Gasteiger partial charge in [0.15, 0.2) is 30.1 Å². The minimum Gasteiger partial charge on any atom is -0.486 e. The largest absolute Gasteiger partial charge is 0.486 e. The molecule has 5 atom stereocenters. The Balaban J connectivity index is 1.67. The molecule has 3 fully saturated rings. The van der Waals surface area contributed by atoms with Crippen LogP contribution in [0.5, 0.6) is 0 Å². The first-order valence-corrected chi connectivity index (χ1v) is 16.9. The third-order valence-corrected chi connectivity index (χ3v) is 8.17. The molecule has 0 aromatic rings. The molecule has 34 heavy (non-hydrogen) atoms. The van der Waals surface area contributed by atoms with Gasteiger partial charge in [-0.05, 0) is 46.6 Å². The highest BCUT2D eigenvalue weighted by molar-refractivity contribution is 6.82. The van der Waals surface area contributed by atoms with Gasteiger partial charge < -0.3 is 28.4 Å². The SMILES string of the molecule is CCCCCCCCCC=C=C(O[C@@H]1[C@H]2OC(C)(C)O[C@H]2O[C@@H]1[C@H]1COC(C)(C)O1)[Si](C)(C)C. The van der Waals surface area contributed by atoms with Crippen molar-refractivity contribution >= 4 is 8.07 Å². The maximum atomic E-state index is 6.72. The summed E-state index contributed by atoms with van der Waals surface area (Å²) in [5.41, 5.74) is 3.53. The minimum absolute atomic E-state index is 0.236. The lowest BCUT2D eigenvalue weighted by Crippen LogP contribution is -2.45. The number of unbranched alkanes of at least 4 members (excludes halogenated alkanes) is 7. The molecule has 0 saturated carbocycles. The van der Waals surface area contributed by atoms with Crippen molar-refractivity contribution < 1.29 is 28.4 Å². The summed E-state index contributed by atoms with van der Waals surface area (Å²) >= 11 is 0. The van der Waals surface area contributed by atoms with Gasteiger partial charge in [0.25, 0.3) is 0 Å². The molecule has 3 saturated heterocycles. The second-order valence-corrected chi connectivity index (χ2v) is 16.8. The maximum Gasteiger partial charge on any atom is 0.191 e. The molecule has 7 heteroatoms. The minimum atomic E-state index is -1.79. The quantitative estimate of drug-likeness (QED) is 0.134. The Morgan fingerprint density at radius 1 is 0.912 bits per heavy atom. The summed E-state index contributed by atoms with van der Waals surface area (Å²) in [5.74, 6) is -1.34. The van der Waals surface area contributed by atoms with Crippen LogP contribution < -0.4 is 0 Å². The lowest BCUT2D eigenvalue weighted by Gasteiger charge is -2.32. The number of rotatable bonds is 12. The predicted molar refractivity (Wildman–Crippen MR) is 136 cm³/mol. The van der Waals surface area contributed by atoms with E-state index in [-0.39, 0.29) is 24.4 Å². The van der Waals surface area contributed by atoms with Crippen LogP contribution in [0.25, 0.3) is 0 Å². The van der Waals surface area contributed by atoms with Gasteiger partial charge in [-0.25, -0.2) is 0 Å². The van der Waals surface area contributed by atoms with E-state index >= 15 is 0 Å². The molecule has 6 nitrogen and oxygen atoms in total. The fourth-order valence-electron chi connectivity index (χ4n) is 4.75. The molecular formula is C27H48O6Si. The monoisotopic (exact) mass is 496 g/mol. The van der Waals surface area contributed by atoms with Crippen LogP contribution in [-0.4, -0.2) is 57.0 Å². The second-order valence-electron chi connectivity index (χ2n) is 11.9. The fourth-order valence-corrected chi connectivity index (χ4v) is 5.77.